The Hall–Kier alpha value is -1.31. The Morgan fingerprint density at radius 3 is 2.77 bits per heavy atom. The van der Waals surface area contributed by atoms with Gasteiger partial charge in [0.2, 0.25) is 10.0 Å². The number of rotatable bonds is 5. The van der Waals surface area contributed by atoms with Gasteiger partial charge in [-0.2, -0.15) is 0 Å². The molecule has 0 amide bonds. The third-order valence-electron chi connectivity index (χ3n) is 3.98. The molecule has 22 heavy (non-hydrogen) atoms. The largest absolute Gasteiger partial charge is 0.490 e. The zero-order valence-corrected chi connectivity index (χ0v) is 13.3. The maximum atomic E-state index is 12.3. The third-order valence-corrected chi connectivity index (χ3v) is 5.44. The summed E-state index contributed by atoms with van der Waals surface area (Å²) in [5.74, 6) is 1.10. The number of nitrogens with one attached hydrogen (secondary N) is 2. The van der Waals surface area contributed by atoms with Gasteiger partial charge >= 0.3 is 0 Å². The lowest BCUT2D eigenvalue weighted by Gasteiger charge is -2.13. The summed E-state index contributed by atoms with van der Waals surface area (Å²) in [4.78, 5) is 0.219. The molecule has 2 heterocycles. The molecule has 0 radical (unpaired) electrons. The molecule has 0 saturated carbocycles. The predicted octanol–water partition coefficient (Wildman–Crippen LogP) is 1.27. The molecular formula is C15H22N2O4S. The van der Waals surface area contributed by atoms with Crippen molar-refractivity contribution in [3.05, 3.63) is 18.2 Å². The molecule has 0 aromatic heterocycles. The van der Waals surface area contributed by atoms with E-state index < -0.39 is 10.0 Å². The Balaban J connectivity index is 1.64. The minimum Gasteiger partial charge on any atom is -0.490 e. The molecule has 2 N–H and O–H groups in total. The highest BCUT2D eigenvalue weighted by molar-refractivity contribution is 7.89. The van der Waals surface area contributed by atoms with E-state index in [1.807, 2.05) is 0 Å². The van der Waals surface area contributed by atoms with Crippen LogP contribution in [0.25, 0.3) is 0 Å². The third kappa shape index (κ3) is 3.71. The van der Waals surface area contributed by atoms with Gasteiger partial charge in [0, 0.05) is 25.1 Å². The van der Waals surface area contributed by atoms with Gasteiger partial charge < -0.3 is 14.8 Å². The molecular weight excluding hydrogens is 304 g/mol. The van der Waals surface area contributed by atoms with Gasteiger partial charge in [0.1, 0.15) is 0 Å². The second kappa shape index (κ2) is 6.85. The maximum absolute atomic E-state index is 12.3. The van der Waals surface area contributed by atoms with E-state index in [-0.39, 0.29) is 4.90 Å². The number of sulfonamides is 1. The summed E-state index contributed by atoms with van der Waals surface area (Å²) in [7, 11) is -3.51. The van der Waals surface area contributed by atoms with E-state index in [2.05, 4.69) is 10.0 Å². The van der Waals surface area contributed by atoms with Gasteiger partial charge in [-0.25, -0.2) is 13.1 Å². The summed E-state index contributed by atoms with van der Waals surface area (Å²) in [6, 6.07) is 5.18. The Bertz CT molecular complexity index is 612. The first-order valence-electron chi connectivity index (χ1n) is 7.78. The van der Waals surface area contributed by atoms with E-state index in [0.29, 0.717) is 37.3 Å². The van der Waals surface area contributed by atoms with Crippen molar-refractivity contribution in [2.45, 2.75) is 36.6 Å². The smallest absolute Gasteiger partial charge is 0.240 e. The highest BCUT2D eigenvalue weighted by Crippen LogP contribution is 2.31. The van der Waals surface area contributed by atoms with E-state index in [1.54, 1.807) is 12.1 Å². The quantitative estimate of drug-likeness (QED) is 0.852. The monoisotopic (exact) mass is 326 g/mol. The van der Waals surface area contributed by atoms with Gasteiger partial charge in [0.15, 0.2) is 11.5 Å². The molecule has 2 aliphatic rings. The van der Waals surface area contributed by atoms with Gasteiger partial charge in [-0.1, -0.05) is 0 Å². The standard InChI is InChI=1S/C15H22N2O4S/c18-22(19,17-8-6-12-3-1-7-16-12)13-4-5-14-15(11-13)21-10-2-9-20-14/h4-5,11-12,16-17H,1-3,6-10H2/t12-/m1/s1. The SMILES string of the molecule is O=S(=O)(NCC[C@H]1CCCN1)c1ccc2c(c1)OCCCO2. The van der Waals surface area contributed by atoms with Crippen molar-refractivity contribution in [2.24, 2.45) is 0 Å². The molecule has 1 atom stereocenters. The Kier molecular flexibility index (Phi) is 4.85. The van der Waals surface area contributed by atoms with Crippen LogP contribution in [-0.2, 0) is 10.0 Å². The van der Waals surface area contributed by atoms with Crippen molar-refractivity contribution >= 4 is 10.0 Å². The van der Waals surface area contributed by atoms with Crippen molar-refractivity contribution in [1.29, 1.82) is 0 Å². The summed E-state index contributed by atoms with van der Waals surface area (Å²) in [6.45, 7) is 2.59. The zero-order chi connectivity index (χ0) is 15.4. The predicted molar refractivity (Wildman–Crippen MR) is 82.9 cm³/mol. The number of benzene rings is 1. The minimum atomic E-state index is -3.51. The van der Waals surface area contributed by atoms with Gasteiger partial charge in [-0.15, -0.1) is 0 Å². The maximum Gasteiger partial charge on any atom is 0.240 e. The highest BCUT2D eigenvalue weighted by Gasteiger charge is 2.20. The van der Waals surface area contributed by atoms with Crippen LogP contribution in [0, 0.1) is 0 Å². The molecule has 3 rings (SSSR count). The van der Waals surface area contributed by atoms with E-state index in [0.717, 1.165) is 25.8 Å². The van der Waals surface area contributed by atoms with Crippen molar-refractivity contribution in [1.82, 2.24) is 10.0 Å². The average Bonchev–Trinajstić information content (AvgIpc) is 2.90. The number of ether oxygens (including phenoxy) is 2. The van der Waals surface area contributed by atoms with Crippen molar-refractivity contribution < 1.29 is 17.9 Å². The summed E-state index contributed by atoms with van der Waals surface area (Å²) < 4.78 is 38.4. The molecule has 1 aromatic carbocycles. The first-order chi connectivity index (χ1) is 10.6. The van der Waals surface area contributed by atoms with Crippen molar-refractivity contribution in [2.75, 3.05) is 26.3 Å². The molecule has 1 fully saturated rings. The average molecular weight is 326 g/mol. The number of hydrogen-bond acceptors (Lipinski definition) is 5. The van der Waals surface area contributed by atoms with Crippen LogP contribution in [0.1, 0.15) is 25.7 Å². The summed E-state index contributed by atoms with van der Waals surface area (Å²) in [6.07, 6.45) is 3.89. The van der Waals surface area contributed by atoms with Crippen LogP contribution in [0.3, 0.4) is 0 Å². The molecule has 122 valence electrons. The van der Waals surface area contributed by atoms with Gasteiger partial charge in [0.05, 0.1) is 18.1 Å². The number of hydrogen-bond donors (Lipinski definition) is 2. The fourth-order valence-electron chi connectivity index (χ4n) is 2.76. The second-order valence-electron chi connectivity index (χ2n) is 5.64. The summed E-state index contributed by atoms with van der Waals surface area (Å²) >= 11 is 0. The van der Waals surface area contributed by atoms with Crippen LogP contribution in [0.5, 0.6) is 11.5 Å². The van der Waals surface area contributed by atoms with E-state index in [4.69, 9.17) is 9.47 Å². The van der Waals surface area contributed by atoms with Crippen LogP contribution in [0.2, 0.25) is 0 Å². The lowest BCUT2D eigenvalue weighted by atomic mass is 10.2. The molecule has 0 unspecified atom stereocenters. The van der Waals surface area contributed by atoms with Crippen LogP contribution < -0.4 is 19.5 Å². The second-order valence-corrected chi connectivity index (χ2v) is 7.41. The topological polar surface area (TPSA) is 76.7 Å². The zero-order valence-electron chi connectivity index (χ0n) is 12.5. The Morgan fingerprint density at radius 2 is 2.00 bits per heavy atom. The van der Waals surface area contributed by atoms with Crippen molar-refractivity contribution in [3.8, 4) is 11.5 Å². The lowest BCUT2D eigenvalue weighted by molar-refractivity contribution is 0.297. The van der Waals surface area contributed by atoms with E-state index >= 15 is 0 Å². The fourth-order valence-corrected chi connectivity index (χ4v) is 3.83. The van der Waals surface area contributed by atoms with E-state index in [9.17, 15) is 8.42 Å². The first-order valence-corrected chi connectivity index (χ1v) is 9.26. The summed E-state index contributed by atoms with van der Waals surface area (Å²) in [5, 5.41) is 3.36. The first kappa shape index (κ1) is 15.6. The minimum absolute atomic E-state index is 0.219. The van der Waals surface area contributed by atoms with Gasteiger partial charge in [0.25, 0.3) is 0 Å². The van der Waals surface area contributed by atoms with Crippen LogP contribution in [0.4, 0.5) is 0 Å². The molecule has 6 nitrogen and oxygen atoms in total. The van der Waals surface area contributed by atoms with E-state index in [1.165, 1.54) is 12.5 Å². The van der Waals surface area contributed by atoms with Crippen LogP contribution >= 0.6 is 0 Å². The highest BCUT2D eigenvalue weighted by atomic mass is 32.2. The van der Waals surface area contributed by atoms with Crippen LogP contribution in [-0.4, -0.2) is 40.8 Å². The molecule has 1 saturated heterocycles. The molecule has 7 heteroatoms. The molecule has 0 aliphatic carbocycles. The van der Waals surface area contributed by atoms with Gasteiger partial charge in [-0.3, -0.25) is 0 Å². The lowest BCUT2D eigenvalue weighted by Crippen LogP contribution is -2.30. The molecule has 0 spiro atoms. The normalized spacial score (nSPS) is 21.5. The molecule has 2 aliphatic heterocycles. The number of fused-ring (bicyclic) bond motifs is 1. The molecule has 0 bridgehead atoms. The fraction of sp³-hybridized carbons (Fsp3) is 0.600. The van der Waals surface area contributed by atoms with Crippen LogP contribution in [0.15, 0.2) is 23.1 Å². The molecule has 1 aromatic rings. The van der Waals surface area contributed by atoms with Gasteiger partial charge in [-0.05, 0) is 37.9 Å². The van der Waals surface area contributed by atoms with Crippen molar-refractivity contribution in [3.63, 3.8) is 0 Å². The Morgan fingerprint density at radius 1 is 1.18 bits per heavy atom. The Labute approximate surface area is 131 Å². The summed E-state index contributed by atoms with van der Waals surface area (Å²) in [5.41, 5.74) is 0.